The molecule has 1 fully saturated rings. The lowest BCUT2D eigenvalue weighted by atomic mass is 9.83. The van der Waals surface area contributed by atoms with Crippen LogP contribution in [0.25, 0.3) is 0 Å². The molecule has 1 saturated heterocycles. The zero-order valence-electron chi connectivity index (χ0n) is 16.7. The topological polar surface area (TPSA) is 38.8 Å². The number of ether oxygens (including phenoxy) is 2. The first-order chi connectivity index (χ1) is 12.4. The third-order valence-electron chi connectivity index (χ3n) is 5.67. The molecule has 0 saturated carbocycles. The van der Waals surface area contributed by atoms with Crippen LogP contribution in [0.3, 0.4) is 0 Å². The first-order valence-corrected chi connectivity index (χ1v) is 9.57. The lowest BCUT2D eigenvalue weighted by Crippen LogP contribution is -2.40. The predicted octanol–water partition coefficient (Wildman–Crippen LogP) is 4.33. The Hall–Kier alpha value is -1.33. The van der Waals surface area contributed by atoms with E-state index in [9.17, 15) is 4.79 Å². The van der Waals surface area contributed by atoms with E-state index in [1.54, 1.807) is 19.2 Å². The van der Waals surface area contributed by atoms with E-state index in [2.05, 4.69) is 18.7 Å². The maximum absolute atomic E-state index is 15.6. The largest absolute Gasteiger partial charge is 0.493 e. The number of nitrogens with zero attached hydrogens (tertiary/aromatic N) is 1. The molecule has 0 radical (unpaired) electrons. The second-order valence-corrected chi connectivity index (χ2v) is 8.18. The van der Waals surface area contributed by atoms with Crippen molar-refractivity contribution in [2.75, 3.05) is 33.9 Å². The first kappa shape index (κ1) is 22.0. The van der Waals surface area contributed by atoms with Gasteiger partial charge in [0.05, 0.1) is 14.2 Å². The summed E-state index contributed by atoms with van der Waals surface area (Å²) in [6, 6.07) is 3.38. The van der Waals surface area contributed by atoms with Gasteiger partial charge in [0.25, 0.3) is 0 Å². The lowest BCUT2D eigenvalue weighted by molar-refractivity contribution is 0.0585. The molecule has 152 valence electrons. The summed E-state index contributed by atoms with van der Waals surface area (Å²) in [7, 11) is 3.08. The van der Waals surface area contributed by atoms with Crippen molar-refractivity contribution < 1.29 is 18.7 Å². The van der Waals surface area contributed by atoms with E-state index in [1.807, 2.05) is 0 Å². The molecule has 1 atom stereocenters. The van der Waals surface area contributed by atoms with Gasteiger partial charge in [-0.2, -0.15) is 0 Å². The number of ketones is 1. The molecule has 27 heavy (non-hydrogen) atoms. The summed E-state index contributed by atoms with van der Waals surface area (Å²) in [5.41, 5.74) is -0.611. The van der Waals surface area contributed by atoms with Crippen molar-refractivity contribution in [3.05, 3.63) is 23.3 Å². The van der Waals surface area contributed by atoms with Crippen molar-refractivity contribution >= 4 is 18.2 Å². The molecule has 3 rings (SSSR count). The van der Waals surface area contributed by atoms with Crippen molar-refractivity contribution in [3.8, 4) is 11.5 Å². The summed E-state index contributed by atoms with van der Waals surface area (Å²) in [5, 5.41) is 0. The number of carbonyl (C=O) groups excluding carboxylic acids is 1. The molecular weight excluding hydrogens is 369 g/mol. The number of hydrogen-bond donors (Lipinski definition) is 0. The number of likely N-dealkylation sites (tertiary alicyclic amines) is 1. The Morgan fingerprint density at radius 2 is 1.78 bits per heavy atom. The minimum atomic E-state index is -1.79. The Labute approximate surface area is 167 Å². The van der Waals surface area contributed by atoms with Gasteiger partial charge in [-0.05, 0) is 61.9 Å². The smallest absolute Gasteiger partial charge is 0.200 e. The monoisotopic (exact) mass is 399 g/mol. The number of carbonyl (C=O) groups is 1. The third kappa shape index (κ3) is 4.57. The van der Waals surface area contributed by atoms with Gasteiger partial charge in [-0.15, -0.1) is 12.4 Å². The quantitative estimate of drug-likeness (QED) is 0.713. The molecule has 0 aromatic heterocycles. The number of halogens is 2. The standard InChI is InChI=1S/C21H30FNO3.ClH/c1-14(2)13-23-7-5-15(6-8-23)11-21(22)12-16-9-18(25-3)19(26-4)10-17(16)20(21)24;/h9-10,14-15H,5-8,11-13H2,1-4H3;1H. The molecule has 1 heterocycles. The van der Waals surface area contributed by atoms with Crippen LogP contribution in [0.1, 0.15) is 49.0 Å². The molecule has 0 bridgehead atoms. The number of methoxy groups -OCH3 is 2. The molecule has 2 aliphatic rings. The molecule has 0 spiro atoms. The summed E-state index contributed by atoms with van der Waals surface area (Å²) in [5.74, 6) is 1.55. The summed E-state index contributed by atoms with van der Waals surface area (Å²) in [6.45, 7) is 7.54. The fourth-order valence-electron chi connectivity index (χ4n) is 4.41. The highest BCUT2D eigenvalue weighted by Gasteiger charge is 2.48. The maximum atomic E-state index is 15.6. The van der Waals surface area contributed by atoms with Gasteiger partial charge >= 0.3 is 0 Å². The van der Waals surface area contributed by atoms with Crippen molar-refractivity contribution in [2.45, 2.75) is 45.2 Å². The molecule has 1 aromatic carbocycles. The second-order valence-electron chi connectivity index (χ2n) is 8.18. The summed E-state index contributed by atoms with van der Waals surface area (Å²) in [6.07, 6.45) is 2.40. The first-order valence-electron chi connectivity index (χ1n) is 9.57. The number of benzene rings is 1. The molecule has 1 unspecified atom stereocenters. The van der Waals surface area contributed by atoms with E-state index < -0.39 is 11.5 Å². The van der Waals surface area contributed by atoms with Gasteiger partial charge in [0.1, 0.15) is 0 Å². The van der Waals surface area contributed by atoms with Crippen LogP contribution in [-0.2, 0) is 6.42 Å². The van der Waals surface area contributed by atoms with Crippen molar-refractivity contribution in [1.82, 2.24) is 4.90 Å². The van der Waals surface area contributed by atoms with Crippen LogP contribution < -0.4 is 9.47 Å². The minimum absolute atomic E-state index is 0. The number of hydrogen-bond acceptors (Lipinski definition) is 4. The second kappa shape index (κ2) is 8.78. The summed E-state index contributed by atoms with van der Waals surface area (Å²) < 4.78 is 26.2. The van der Waals surface area contributed by atoms with Crippen LogP contribution in [0.2, 0.25) is 0 Å². The Morgan fingerprint density at radius 1 is 1.19 bits per heavy atom. The van der Waals surface area contributed by atoms with Gasteiger partial charge in [-0.1, -0.05) is 13.8 Å². The molecule has 1 aromatic rings. The van der Waals surface area contributed by atoms with Gasteiger partial charge in [0.2, 0.25) is 5.78 Å². The average Bonchev–Trinajstić information content (AvgIpc) is 2.85. The Bertz CT molecular complexity index is 674. The van der Waals surface area contributed by atoms with Crippen LogP contribution in [0.15, 0.2) is 12.1 Å². The fraction of sp³-hybridized carbons (Fsp3) is 0.667. The Balaban J connectivity index is 0.00000261. The predicted molar refractivity (Wildman–Crippen MR) is 107 cm³/mol. The van der Waals surface area contributed by atoms with Gasteiger partial charge in [-0.3, -0.25) is 4.79 Å². The highest BCUT2D eigenvalue weighted by Crippen LogP contribution is 2.43. The van der Waals surface area contributed by atoms with E-state index >= 15 is 4.39 Å². The van der Waals surface area contributed by atoms with Crippen molar-refractivity contribution in [3.63, 3.8) is 0 Å². The molecular formula is C21H31ClFNO3. The number of alkyl halides is 1. The van der Waals surface area contributed by atoms with E-state index in [0.717, 1.165) is 38.0 Å². The van der Waals surface area contributed by atoms with E-state index in [0.29, 0.717) is 29.4 Å². The lowest BCUT2D eigenvalue weighted by Gasteiger charge is -2.35. The van der Waals surface area contributed by atoms with Crippen LogP contribution in [-0.4, -0.2) is 50.2 Å². The number of fused-ring (bicyclic) bond motifs is 1. The highest BCUT2D eigenvalue weighted by atomic mass is 35.5. The molecule has 6 heteroatoms. The third-order valence-corrected chi connectivity index (χ3v) is 5.67. The summed E-state index contributed by atoms with van der Waals surface area (Å²) >= 11 is 0. The number of piperidine rings is 1. The Morgan fingerprint density at radius 3 is 2.33 bits per heavy atom. The van der Waals surface area contributed by atoms with Gasteiger partial charge in [0.15, 0.2) is 17.2 Å². The van der Waals surface area contributed by atoms with Crippen LogP contribution >= 0.6 is 12.4 Å². The van der Waals surface area contributed by atoms with Gasteiger partial charge in [-0.25, -0.2) is 4.39 Å². The number of rotatable bonds is 6. The van der Waals surface area contributed by atoms with E-state index in [4.69, 9.17) is 9.47 Å². The zero-order chi connectivity index (χ0) is 18.9. The Kier molecular flexibility index (Phi) is 7.14. The van der Waals surface area contributed by atoms with Gasteiger partial charge in [0, 0.05) is 18.5 Å². The van der Waals surface area contributed by atoms with Gasteiger partial charge < -0.3 is 14.4 Å². The normalized spacial score (nSPS) is 23.3. The minimum Gasteiger partial charge on any atom is -0.493 e. The molecule has 4 nitrogen and oxygen atoms in total. The summed E-state index contributed by atoms with van der Waals surface area (Å²) in [4.78, 5) is 15.2. The van der Waals surface area contributed by atoms with Crippen LogP contribution in [0, 0.1) is 11.8 Å². The van der Waals surface area contributed by atoms with Crippen LogP contribution in [0.4, 0.5) is 4.39 Å². The van der Waals surface area contributed by atoms with Crippen LogP contribution in [0.5, 0.6) is 11.5 Å². The molecule has 0 amide bonds. The molecule has 1 aliphatic heterocycles. The SMILES string of the molecule is COc1cc2c(cc1OC)C(=O)C(F)(CC1CCN(CC(C)C)CC1)C2.Cl. The highest BCUT2D eigenvalue weighted by molar-refractivity contribution is 6.07. The number of Topliss-reactive ketones (excluding diaryl/α,β-unsaturated/α-hetero) is 1. The van der Waals surface area contributed by atoms with E-state index in [-0.39, 0.29) is 24.7 Å². The fourth-order valence-corrected chi connectivity index (χ4v) is 4.41. The van der Waals surface area contributed by atoms with E-state index in [1.165, 1.54) is 7.11 Å². The van der Waals surface area contributed by atoms with Crippen molar-refractivity contribution in [1.29, 1.82) is 0 Å². The average molecular weight is 400 g/mol. The molecule has 1 aliphatic carbocycles. The van der Waals surface area contributed by atoms with Crippen molar-refractivity contribution in [2.24, 2.45) is 11.8 Å². The molecule has 0 N–H and O–H groups in total. The maximum Gasteiger partial charge on any atom is 0.200 e. The zero-order valence-corrected chi connectivity index (χ0v) is 17.5.